The molecule has 0 saturated carbocycles. The smallest absolute Gasteiger partial charge is 0.253 e. The number of carbonyl (C=O) groups excluding carboxylic acids is 1. The Balaban J connectivity index is 2.06. The Labute approximate surface area is 106 Å². The van der Waals surface area contributed by atoms with E-state index < -0.39 is 0 Å². The molecule has 0 atom stereocenters. The fourth-order valence-electron chi connectivity index (χ4n) is 1.94. The lowest BCUT2D eigenvalue weighted by Gasteiger charge is -2.15. The molecule has 4 nitrogen and oxygen atoms in total. The molecular weight excluding hydrogens is 234 g/mol. The van der Waals surface area contributed by atoms with E-state index in [2.05, 4.69) is 5.32 Å². The predicted octanol–water partition coefficient (Wildman–Crippen LogP) is 1.58. The lowest BCUT2D eigenvalue weighted by atomic mass is 10.2. The first-order valence-electron chi connectivity index (χ1n) is 5.62. The summed E-state index contributed by atoms with van der Waals surface area (Å²) in [5, 5.41) is 3.05. The summed E-state index contributed by atoms with van der Waals surface area (Å²) in [5.41, 5.74) is 6.88. The van der Waals surface area contributed by atoms with Crippen LogP contribution in [0.2, 0.25) is 0 Å². The van der Waals surface area contributed by atoms with Gasteiger partial charge < -0.3 is 16.0 Å². The second-order valence-electron chi connectivity index (χ2n) is 4.07. The molecule has 0 radical (unpaired) electrons. The summed E-state index contributed by atoms with van der Waals surface area (Å²) in [4.78, 5) is 13.9. The van der Waals surface area contributed by atoms with E-state index in [4.69, 9.17) is 18.0 Å². The zero-order valence-corrected chi connectivity index (χ0v) is 10.3. The van der Waals surface area contributed by atoms with E-state index in [1.165, 1.54) is 0 Å². The van der Waals surface area contributed by atoms with Gasteiger partial charge in [-0.05, 0) is 49.3 Å². The number of nitrogens with zero attached hydrogens (tertiary/aromatic N) is 1. The van der Waals surface area contributed by atoms with E-state index in [0.29, 0.717) is 5.56 Å². The van der Waals surface area contributed by atoms with Gasteiger partial charge in [0.1, 0.15) is 0 Å². The van der Waals surface area contributed by atoms with Crippen molar-refractivity contribution in [2.24, 2.45) is 5.73 Å². The summed E-state index contributed by atoms with van der Waals surface area (Å²) in [5.74, 6) is 0.101. The van der Waals surface area contributed by atoms with Crippen LogP contribution < -0.4 is 11.1 Å². The molecule has 1 amide bonds. The molecule has 1 fully saturated rings. The first-order chi connectivity index (χ1) is 8.16. The van der Waals surface area contributed by atoms with Crippen molar-refractivity contribution >= 4 is 28.9 Å². The third-order valence-corrected chi connectivity index (χ3v) is 2.89. The van der Waals surface area contributed by atoms with Crippen LogP contribution in [0.5, 0.6) is 0 Å². The minimum absolute atomic E-state index is 0.101. The number of amides is 1. The van der Waals surface area contributed by atoms with Gasteiger partial charge in [0.25, 0.3) is 5.91 Å². The molecule has 1 saturated heterocycles. The van der Waals surface area contributed by atoms with Crippen LogP contribution >= 0.6 is 12.2 Å². The number of benzene rings is 1. The van der Waals surface area contributed by atoms with Crippen LogP contribution in [0.15, 0.2) is 24.3 Å². The zero-order chi connectivity index (χ0) is 12.3. The highest BCUT2D eigenvalue weighted by Crippen LogP contribution is 2.15. The number of hydrogen-bond donors (Lipinski definition) is 2. The standard InChI is InChI=1S/C12H15N3OS/c13-12(17)14-10-5-3-9(4-6-10)11(16)15-7-1-2-8-15/h3-6H,1-2,7-8H2,(H3,13,14,17). The lowest BCUT2D eigenvalue weighted by Crippen LogP contribution is -2.27. The topological polar surface area (TPSA) is 58.4 Å². The molecule has 0 spiro atoms. The van der Waals surface area contributed by atoms with Crippen molar-refractivity contribution in [3.8, 4) is 0 Å². The maximum atomic E-state index is 12.0. The first kappa shape index (κ1) is 11.9. The molecule has 17 heavy (non-hydrogen) atoms. The SMILES string of the molecule is NC(=S)Nc1ccc(C(=O)N2CCCC2)cc1. The molecule has 1 aliphatic rings. The van der Waals surface area contributed by atoms with Crippen LogP contribution in [-0.4, -0.2) is 29.0 Å². The third-order valence-electron chi connectivity index (χ3n) is 2.79. The second-order valence-corrected chi connectivity index (χ2v) is 4.51. The van der Waals surface area contributed by atoms with Gasteiger partial charge in [-0.15, -0.1) is 0 Å². The maximum Gasteiger partial charge on any atom is 0.253 e. The van der Waals surface area contributed by atoms with Gasteiger partial charge >= 0.3 is 0 Å². The van der Waals surface area contributed by atoms with E-state index in [1.807, 2.05) is 17.0 Å². The van der Waals surface area contributed by atoms with Gasteiger partial charge in [-0.2, -0.15) is 0 Å². The Kier molecular flexibility index (Phi) is 3.58. The summed E-state index contributed by atoms with van der Waals surface area (Å²) in [6.07, 6.45) is 2.21. The molecule has 2 rings (SSSR count). The number of carbonyl (C=O) groups is 1. The van der Waals surface area contributed by atoms with Gasteiger partial charge in [-0.1, -0.05) is 0 Å². The van der Waals surface area contributed by atoms with Crippen LogP contribution in [0.4, 0.5) is 5.69 Å². The lowest BCUT2D eigenvalue weighted by molar-refractivity contribution is 0.0793. The molecule has 90 valence electrons. The van der Waals surface area contributed by atoms with Crippen molar-refractivity contribution in [2.45, 2.75) is 12.8 Å². The highest BCUT2D eigenvalue weighted by Gasteiger charge is 2.18. The van der Waals surface area contributed by atoms with E-state index >= 15 is 0 Å². The molecule has 0 aromatic heterocycles. The highest BCUT2D eigenvalue weighted by atomic mass is 32.1. The van der Waals surface area contributed by atoms with Crippen LogP contribution in [-0.2, 0) is 0 Å². The molecule has 1 heterocycles. The maximum absolute atomic E-state index is 12.0. The molecule has 1 aromatic rings. The third kappa shape index (κ3) is 2.94. The fraction of sp³-hybridized carbons (Fsp3) is 0.333. The van der Waals surface area contributed by atoms with E-state index in [1.54, 1.807) is 12.1 Å². The Morgan fingerprint density at radius 2 is 1.82 bits per heavy atom. The van der Waals surface area contributed by atoms with Crippen molar-refractivity contribution in [2.75, 3.05) is 18.4 Å². The average Bonchev–Trinajstić information content (AvgIpc) is 2.82. The molecule has 0 bridgehead atoms. The molecule has 0 aliphatic carbocycles. The Morgan fingerprint density at radius 3 is 2.35 bits per heavy atom. The number of likely N-dealkylation sites (tertiary alicyclic amines) is 1. The monoisotopic (exact) mass is 249 g/mol. The summed E-state index contributed by atoms with van der Waals surface area (Å²) >= 11 is 4.74. The van der Waals surface area contributed by atoms with Crippen molar-refractivity contribution in [3.63, 3.8) is 0 Å². The van der Waals surface area contributed by atoms with E-state index in [9.17, 15) is 4.79 Å². The predicted molar refractivity (Wildman–Crippen MR) is 72.0 cm³/mol. The van der Waals surface area contributed by atoms with Gasteiger partial charge in [-0.25, -0.2) is 0 Å². The van der Waals surface area contributed by atoms with Crippen molar-refractivity contribution in [3.05, 3.63) is 29.8 Å². The van der Waals surface area contributed by atoms with Gasteiger partial charge in [0, 0.05) is 24.3 Å². The minimum atomic E-state index is 0.101. The van der Waals surface area contributed by atoms with Gasteiger partial charge in [0.15, 0.2) is 5.11 Å². The molecule has 3 N–H and O–H groups in total. The minimum Gasteiger partial charge on any atom is -0.376 e. The van der Waals surface area contributed by atoms with Crippen molar-refractivity contribution < 1.29 is 4.79 Å². The van der Waals surface area contributed by atoms with Crippen molar-refractivity contribution in [1.29, 1.82) is 0 Å². The highest BCUT2D eigenvalue weighted by molar-refractivity contribution is 7.80. The molecule has 0 unspecified atom stereocenters. The summed E-state index contributed by atoms with van der Waals surface area (Å²) in [7, 11) is 0. The van der Waals surface area contributed by atoms with Crippen LogP contribution in [0.25, 0.3) is 0 Å². The van der Waals surface area contributed by atoms with E-state index in [0.717, 1.165) is 31.6 Å². The second kappa shape index (κ2) is 5.14. The van der Waals surface area contributed by atoms with Gasteiger partial charge in [0.05, 0.1) is 0 Å². The van der Waals surface area contributed by atoms with Crippen LogP contribution in [0.3, 0.4) is 0 Å². The summed E-state index contributed by atoms with van der Waals surface area (Å²) in [6, 6.07) is 7.20. The quantitative estimate of drug-likeness (QED) is 0.781. The Morgan fingerprint density at radius 1 is 1.24 bits per heavy atom. The van der Waals surface area contributed by atoms with Crippen LogP contribution in [0.1, 0.15) is 23.2 Å². The zero-order valence-electron chi connectivity index (χ0n) is 9.48. The van der Waals surface area contributed by atoms with E-state index in [-0.39, 0.29) is 11.0 Å². The number of nitrogens with two attached hydrogens (primary N) is 1. The normalized spacial score (nSPS) is 14.7. The molecule has 5 heteroatoms. The van der Waals surface area contributed by atoms with Gasteiger partial charge in [-0.3, -0.25) is 4.79 Å². The number of thiocarbonyl (C=S) groups is 1. The summed E-state index contributed by atoms with van der Waals surface area (Å²) in [6.45, 7) is 1.73. The fourth-order valence-corrected chi connectivity index (χ4v) is 2.06. The number of anilines is 1. The number of rotatable bonds is 2. The number of hydrogen-bond acceptors (Lipinski definition) is 2. The largest absolute Gasteiger partial charge is 0.376 e. The number of nitrogens with one attached hydrogen (secondary N) is 1. The first-order valence-corrected chi connectivity index (χ1v) is 6.03. The summed E-state index contributed by atoms with van der Waals surface area (Å²) < 4.78 is 0. The van der Waals surface area contributed by atoms with Crippen molar-refractivity contribution in [1.82, 2.24) is 4.90 Å². The van der Waals surface area contributed by atoms with Gasteiger partial charge in [0.2, 0.25) is 0 Å². The Hall–Kier alpha value is -1.62. The van der Waals surface area contributed by atoms with Crippen LogP contribution in [0, 0.1) is 0 Å². The molecule has 1 aromatic carbocycles. The average molecular weight is 249 g/mol. The molecular formula is C12H15N3OS. The Bertz CT molecular complexity index is 424. The molecule has 1 aliphatic heterocycles.